The highest BCUT2D eigenvalue weighted by Gasteiger charge is 2.43. The van der Waals surface area contributed by atoms with E-state index in [0.29, 0.717) is 5.41 Å². The quantitative estimate of drug-likeness (QED) is 0.458. The Morgan fingerprint density at radius 1 is 1.60 bits per heavy atom. The lowest BCUT2D eigenvalue weighted by molar-refractivity contribution is 0.311. The molecule has 0 saturated heterocycles. The van der Waals surface area contributed by atoms with E-state index in [4.69, 9.17) is 5.84 Å². The Bertz CT molecular complexity index is 108. The first kappa shape index (κ1) is 8.02. The molecule has 0 amide bonds. The van der Waals surface area contributed by atoms with Gasteiger partial charge in [-0.25, -0.2) is 0 Å². The Labute approximate surface area is 63.1 Å². The lowest BCUT2D eigenvalue weighted by atomic mass is 9.89. The third kappa shape index (κ3) is 1.50. The molecule has 1 fully saturated rings. The van der Waals surface area contributed by atoms with Crippen LogP contribution in [0.4, 0.5) is 0 Å². The molecule has 1 aliphatic rings. The van der Waals surface area contributed by atoms with Gasteiger partial charge in [-0.3, -0.25) is 11.3 Å². The second kappa shape index (κ2) is 2.89. The molecule has 0 aromatic heterocycles. The number of hydrazine groups is 1. The number of hydrogen-bond acceptors (Lipinski definition) is 2. The molecule has 1 rings (SSSR count). The first-order valence-electron chi connectivity index (χ1n) is 4.16. The fourth-order valence-corrected chi connectivity index (χ4v) is 1.63. The van der Waals surface area contributed by atoms with Crippen molar-refractivity contribution in [1.29, 1.82) is 0 Å². The average Bonchev–Trinajstić information content (AvgIpc) is 2.64. The minimum Gasteiger partial charge on any atom is -0.271 e. The molecule has 0 aromatic carbocycles. The first-order chi connectivity index (χ1) is 4.73. The molecule has 1 atom stereocenters. The summed E-state index contributed by atoms with van der Waals surface area (Å²) in [5.41, 5.74) is 3.39. The van der Waals surface area contributed by atoms with Crippen LogP contribution in [0.15, 0.2) is 0 Å². The van der Waals surface area contributed by atoms with E-state index in [-0.39, 0.29) is 0 Å². The van der Waals surface area contributed by atoms with Crippen LogP contribution in [0.2, 0.25) is 0 Å². The number of rotatable bonds is 4. The smallest absolute Gasteiger partial charge is 0.0131 e. The minimum absolute atomic E-state index is 0.626. The SMILES string of the molecule is CCC(CNN)C1(C)CC1. The predicted molar refractivity (Wildman–Crippen MR) is 43.3 cm³/mol. The maximum atomic E-state index is 5.28. The van der Waals surface area contributed by atoms with E-state index < -0.39 is 0 Å². The summed E-state index contributed by atoms with van der Waals surface area (Å²) in [6.07, 6.45) is 4.04. The van der Waals surface area contributed by atoms with Crippen molar-refractivity contribution in [2.24, 2.45) is 17.2 Å². The average molecular weight is 142 g/mol. The van der Waals surface area contributed by atoms with Crippen LogP contribution in [0.25, 0.3) is 0 Å². The van der Waals surface area contributed by atoms with Gasteiger partial charge in [-0.05, 0) is 24.2 Å². The second-order valence-corrected chi connectivity index (χ2v) is 3.67. The van der Waals surface area contributed by atoms with Crippen molar-refractivity contribution in [3.05, 3.63) is 0 Å². The highest BCUT2D eigenvalue weighted by atomic mass is 15.2. The van der Waals surface area contributed by atoms with Gasteiger partial charge in [-0.15, -0.1) is 0 Å². The molecule has 1 aliphatic carbocycles. The monoisotopic (exact) mass is 142 g/mol. The fourth-order valence-electron chi connectivity index (χ4n) is 1.63. The van der Waals surface area contributed by atoms with Crippen molar-refractivity contribution in [2.75, 3.05) is 6.54 Å². The zero-order valence-corrected chi connectivity index (χ0v) is 6.98. The van der Waals surface area contributed by atoms with E-state index in [1.165, 1.54) is 19.3 Å². The summed E-state index contributed by atoms with van der Waals surface area (Å²) < 4.78 is 0. The highest BCUT2D eigenvalue weighted by molar-refractivity contribution is 4.94. The van der Waals surface area contributed by atoms with E-state index in [0.717, 1.165) is 12.5 Å². The van der Waals surface area contributed by atoms with E-state index in [2.05, 4.69) is 19.3 Å². The maximum Gasteiger partial charge on any atom is 0.0131 e. The van der Waals surface area contributed by atoms with Crippen LogP contribution in [-0.2, 0) is 0 Å². The molecule has 0 bridgehead atoms. The molecule has 0 heterocycles. The summed E-state index contributed by atoms with van der Waals surface area (Å²) in [4.78, 5) is 0. The first-order valence-corrected chi connectivity index (χ1v) is 4.16. The molecule has 1 saturated carbocycles. The second-order valence-electron chi connectivity index (χ2n) is 3.67. The minimum atomic E-state index is 0.626. The standard InChI is InChI=1S/C8H18N2/c1-3-7(6-10-9)8(2)4-5-8/h7,10H,3-6,9H2,1-2H3. The van der Waals surface area contributed by atoms with Crippen LogP contribution >= 0.6 is 0 Å². The van der Waals surface area contributed by atoms with E-state index >= 15 is 0 Å². The summed E-state index contributed by atoms with van der Waals surface area (Å²) in [5, 5.41) is 0. The summed E-state index contributed by atoms with van der Waals surface area (Å²) in [6.45, 7) is 5.58. The number of hydrogen-bond donors (Lipinski definition) is 2. The van der Waals surface area contributed by atoms with Crippen molar-refractivity contribution < 1.29 is 0 Å². The van der Waals surface area contributed by atoms with Crippen molar-refractivity contribution in [1.82, 2.24) is 5.43 Å². The van der Waals surface area contributed by atoms with Crippen LogP contribution < -0.4 is 11.3 Å². The molecule has 0 aliphatic heterocycles. The Morgan fingerprint density at radius 2 is 2.20 bits per heavy atom. The topological polar surface area (TPSA) is 38.0 Å². The van der Waals surface area contributed by atoms with Gasteiger partial charge in [0.05, 0.1) is 0 Å². The molecule has 0 spiro atoms. The van der Waals surface area contributed by atoms with Gasteiger partial charge >= 0.3 is 0 Å². The molecule has 60 valence electrons. The Kier molecular flexibility index (Phi) is 2.32. The van der Waals surface area contributed by atoms with E-state index in [9.17, 15) is 0 Å². The number of nitrogens with one attached hydrogen (secondary N) is 1. The van der Waals surface area contributed by atoms with Crippen molar-refractivity contribution in [3.63, 3.8) is 0 Å². The molecule has 0 radical (unpaired) electrons. The lowest BCUT2D eigenvalue weighted by Crippen LogP contribution is -2.32. The van der Waals surface area contributed by atoms with E-state index in [1.54, 1.807) is 0 Å². The third-order valence-electron chi connectivity index (χ3n) is 2.88. The van der Waals surface area contributed by atoms with Crippen LogP contribution in [0, 0.1) is 11.3 Å². The molecule has 1 unspecified atom stereocenters. The predicted octanol–water partition coefficient (Wildman–Crippen LogP) is 1.28. The molecular weight excluding hydrogens is 124 g/mol. The van der Waals surface area contributed by atoms with E-state index in [1.807, 2.05) is 0 Å². The summed E-state index contributed by atoms with van der Waals surface area (Å²) >= 11 is 0. The summed E-state index contributed by atoms with van der Waals surface area (Å²) in [5.74, 6) is 6.07. The number of nitrogens with two attached hydrogens (primary N) is 1. The molecule has 2 heteroatoms. The van der Waals surface area contributed by atoms with Gasteiger partial charge in [0.15, 0.2) is 0 Å². The van der Waals surface area contributed by atoms with Gasteiger partial charge in [-0.1, -0.05) is 20.3 Å². The zero-order chi connectivity index (χ0) is 7.61. The van der Waals surface area contributed by atoms with Gasteiger partial charge < -0.3 is 0 Å². The van der Waals surface area contributed by atoms with Crippen LogP contribution in [-0.4, -0.2) is 6.54 Å². The normalized spacial score (nSPS) is 24.3. The Balaban J connectivity index is 2.33. The Hall–Kier alpha value is -0.0800. The molecule has 2 nitrogen and oxygen atoms in total. The van der Waals surface area contributed by atoms with Gasteiger partial charge in [0.1, 0.15) is 0 Å². The Morgan fingerprint density at radius 3 is 2.50 bits per heavy atom. The summed E-state index contributed by atoms with van der Waals surface area (Å²) in [7, 11) is 0. The van der Waals surface area contributed by atoms with Gasteiger partial charge in [-0.2, -0.15) is 0 Å². The zero-order valence-electron chi connectivity index (χ0n) is 6.98. The molecule has 10 heavy (non-hydrogen) atoms. The highest BCUT2D eigenvalue weighted by Crippen LogP contribution is 2.52. The summed E-state index contributed by atoms with van der Waals surface area (Å²) in [6, 6.07) is 0. The van der Waals surface area contributed by atoms with Crippen LogP contribution in [0.3, 0.4) is 0 Å². The lowest BCUT2D eigenvalue weighted by Gasteiger charge is -2.20. The van der Waals surface area contributed by atoms with Crippen molar-refractivity contribution in [2.45, 2.75) is 33.1 Å². The molecular formula is C8H18N2. The van der Waals surface area contributed by atoms with Crippen molar-refractivity contribution in [3.8, 4) is 0 Å². The van der Waals surface area contributed by atoms with Gasteiger partial charge in [0, 0.05) is 6.54 Å². The van der Waals surface area contributed by atoms with Gasteiger partial charge in [0.2, 0.25) is 0 Å². The van der Waals surface area contributed by atoms with Crippen LogP contribution in [0.5, 0.6) is 0 Å². The van der Waals surface area contributed by atoms with Gasteiger partial charge in [0.25, 0.3) is 0 Å². The molecule has 0 aromatic rings. The largest absolute Gasteiger partial charge is 0.271 e. The maximum absolute atomic E-state index is 5.28. The third-order valence-corrected chi connectivity index (χ3v) is 2.88. The van der Waals surface area contributed by atoms with Crippen LogP contribution in [0.1, 0.15) is 33.1 Å². The molecule has 3 N–H and O–H groups in total. The fraction of sp³-hybridized carbons (Fsp3) is 1.00. The van der Waals surface area contributed by atoms with Crippen molar-refractivity contribution >= 4 is 0 Å².